The Bertz CT molecular complexity index is 157. The first-order valence-corrected chi connectivity index (χ1v) is 5.04. The van der Waals surface area contributed by atoms with Crippen LogP contribution >= 0.6 is 0 Å². The summed E-state index contributed by atoms with van der Waals surface area (Å²) in [6, 6.07) is 0. The van der Waals surface area contributed by atoms with Crippen LogP contribution in [0.4, 0.5) is 0 Å². The molecule has 0 aliphatic carbocycles. The van der Waals surface area contributed by atoms with E-state index in [4.69, 9.17) is 4.74 Å². The average Bonchev–Trinajstić information content (AvgIpc) is 2.01. The molecule has 0 heterocycles. The Balaban J connectivity index is 3.47. The molecule has 0 aliphatic heterocycles. The van der Waals surface area contributed by atoms with Gasteiger partial charge in [-0.2, -0.15) is 0 Å². The van der Waals surface area contributed by atoms with Crippen LogP contribution in [0.3, 0.4) is 0 Å². The molecule has 0 saturated heterocycles. The maximum absolute atomic E-state index is 11.0. The van der Waals surface area contributed by atoms with Gasteiger partial charge in [0, 0.05) is 30.8 Å². The van der Waals surface area contributed by atoms with Crippen molar-refractivity contribution in [2.45, 2.75) is 0 Å². The van der Waals surface area contributed by atoms with Crippen molar-refractivity contribution in [2.24, 2.45) is 0 Å². The Hall–Kier alpha value is -0.260. The molecule has 0 fully saturated rings. The fraction of sp³-hybridized carbons (Fsp3) is 0.857. The monoisotopic (exact) mass is 194 g/mol. The molecule has 0 aromatic rings. The number of ether oxygens (including phenoxy) is 2. The lowest BCUT2D eigenvalue weighted by Crippen LogP contribution is -2.18. The van der Waals surface area contributed by atoms with Gasteiger partial charge in [0.15, 0.2) is 5.78 Å². The van der Waals surface area contributed by atoms with E-state index in [-0.39, 0.29) is 18.1 Å². The van der Waals surface area contributed by atoms with Gasteiger partial charge < -0.3 is 9.47 Å². The van der Waals surface area contributed by atoms with Gasteiger partial charge in [0.1, 0.15) is 6.61 Å². The van der Waals surface area contributed by atoms with Crippen LogP contribution < -0.4 is 0 Å². The smallest absolute Gasteiger partial charge is 0.170 e. The Morgan fingerprint density at radius 3 is 2.50 bits per heavy atom. The zero-order valence-corrected chi connectivity index (χ0v) is 8.19. The van der Waals surface area contributed by atoms with Gasteiger partial charge in [0.2, 0.25) is 0 Å². The minimum absolute atomic E-state index is 0.0404. The molecule has 4 nitrogen and oxygen atoms in total. The predicted molar refractivity (Wildman–Crippen MR) is 46.6 cm³/mol. The van der Waals surface area contributed by atoms with E-state index in [0.29, 0.717) is 12.4 Å². The van der Waals surface area contributed by atoms with E-state index < -0.39 is 10.8 Å². The Kier molecular flexibility index (Phi) is 7.23. The minimum atomic E-state index is -1.11. The number of rotatable bonds is 7. The number of hydrogen-bond donors (Lipinski definition) is 0. The van der Waals surface area contributed by atoms with Crippen LogP contribution in [0, 0.1) is 0 Å². The third-order valence-electron chi connectivity index (χ3n) is 1.14. The summed E-state index contributed by atoms with van der Waals surface area (Å²) < 4.78 is 20.4. The molecule has 0 amide bonds. The quantitative estimate of drug-likeness (QED) is 0.553. The molecule has 5 heteroatoms. The molecule has 0 saturated carbocycles. The number of hydrogen-bond acceptors (Lipinski definition) is 4. The van der Waals surface area contributed by atoms with Gasteiger partial charge in [-0.3, -0.25) is 9.00 Å². The largest absolute Gasteiger partial charge is 0.384 e. The van der Waals surface area contributed by atoms with Gasteiger partial charge >= 0.3 is 0 Å². The summed E-state index contributed by atoms with van der Waals surface area (Å²) in [6.45, 7) is 0.464. The molecule has 0 radical (unpaired) electrons. The van der Waals surface area contributed by atoms with Crippen LogP contribution in [0.2, 0.25) is 0 Å². The number of ketones is 1. The van der Waals surface area contributed by atoms with Crippen molar-refractivity contribution in [3.63, 3.8) is 0 Å². The lowest BCUT2D eigenvalue weighted by molar-refractivity contribution is -0.120. The van der Waals surface area contributed by atoms with Crippen LogP contribution in [0.15, 0.2) is 0 Å². The third kappa shape index (κ3) is 6.45. The van der Waals surface area contributed by atoms with Crippen LogP contribution in [0.25, 0.3) is 0 Å². The molecule has 0 aromatic heterocycles. The lowest BCUT2D eigenvalue weighted by Gasteiger charge is -1.99. The molecule has 0 rings (SSSR count). The fourth-order valence-electron chi connectivity index (χ4n) is 0.631. The highest BCUT2D eigenvalue weighted by molar-refractivity contribution is 7.85. The van der Waals surface area contributed by atoms with Crippen molar-refractivity contribution in [2.75, 3.05) is 38.9 Å². The molecular formula is C7H14O4S. The summed E-state index contributed by atoms with van der Waals surface area (Å²) >= 11 is 0. The number of methoxy groups -OCH3 is 2. The van der Waals surface area contributed by atoms with Gasteiger partial charge in [-0.15, -0.1) is 0 Å². The van der Waals surface area contributed by atoms with Crippen LogP contribution in [-0.2, 0) is 25.1 Å². The summed E-state index contributed by atoms with van der Waals surface area (Å²) in [5, 5.41) is 0. The topological polar surface area (TPSA) is 52.6 Å². The van der Waals surface area contributed by atoms with E-state index in [2.05, 4.69) is 4.74 Å². The van der Waals surface area contributed by atoms with Gasteiger partial charge in [0.25, 0.3) is 0 Å². The predicted octanol–water partition coefficient (Wildman–Crippen LogP) is -0.403. The second-order valence-corrected chi connectivity index (χ2v) is 3.83. The van der Waals surface area contributed by atoms with Crippen molar-refractivity contribution < 1.29 is 18.5 Å². The Labute approximate surface area is 74.7 Å². The summed E-state index contributed by atoms with van der Waals surface area (Å²) in [5.41, 5.74) is 0. The van der Waals surface area contributed by atoms with Crippen LogP contribution in [0.5, 0.6) is 0 Å². The number of carbonyl (C=O) groups excluding carboxylic acids is 1. The third-order valence-corrected chi connectivity index (χ3v) is 2.41. The van der Waals surface area contributed by atoms with E-state index in [9.17, 15) is 9.00 Å². The zero-order valence-electron chi connectivity index (χ0n) is 7.37. The Morgan fingerprint density at radius 2 is 2.00 bits per heavy atom. The molecule has 0 bridgehead atoms. The van der Waals surface area contributed by atoms with Crippen LogP contribution in [-0.4, -0.2) is 48.9 Å². The summed E-state index contributed by atoms with van der Waals surface area (Å²) in [7, 11) is 1.87. The van der Waals surface area contributed by atoms with Crippen molar-refractivity contribution in [1.29, 1.82) is 0 Å². The van der Waals surface area contributed by atoms with E-state index >= 15 is 0 Å². The first-order valence-electron chi connectivity index (χ1n) is 3.55. The maximum atomic E-state index is 11.0. The van der Waals surface area contributed by atoms with Crippen molar-refractivity contribution in [1.82, 2.24) is 0 Å². The van der Waals surface area contributed by atoms with Gasteiger partial charge in [-0.25, -0.2) is 0 Å². The van der Waals surface area contributed by atoms with Crippen LogP contribution in [0.1, 0.15) is 0 Å². The molecular weight excluding hydrogens is 180 g/mol. The molecule has 1 unspecified atom stereocenters. The standard InChI is InChI=1S/C7H14O4S/c1-10-3-4-12(9)6-7(8)5-11-2/h3-6H2,1-2H3. The Morgan fingerprint density at radius 1 is 1.33 bits per heavy atom. The first kappa shape index (κ1) is 11.7. The SMILES string of the molecule is COCCS(=O)CC(=O)COC. The summed E-state index contributed by atoms with van der Waals surface area (Å²) in [5.74, 6) is 0.343. The highest BCUT2D eigenvalue weighted by atomic mass is 32.2. The second-order valence-electron chi connectivity index (χ2n) is 2.25. The highest BCUT2D eigenvalue weighted by Crippen LogP contribution is 1.85. The molecule has 0 aromatic carbocycles. The lowest BCUT2D eigenvalue weighted by atomic mass is 10.5. The molecule has 0 aliphatic rings. The van der Waals surface area contributed by atoms with E-state index in [1.165, 1.54) is 14.2 Å². The molecule has 72 valence electrons. The van der Waals surface area contributed by atoms with Crippen molar-refractivity contribution >= 4 is 16.6 Å². The molecule has 0 spiro atoms. The highest BCUT2D eigenvalue weighted by Gasteiger charge is 2.06. The average molecular weight is 194 g/mol. The second kappa shape index (κ2) is 7.39. The van der Waals surface area contributed by atoms with E-state index in [1.54, 1.807) is 0 Å². The van der Waals surface area contributed by atoms with Gasteiger partial charge in [-0.05, 0) is 0 Å². The first-order chi connectivity index (χ1) is 5.70. The van der Waals surface area contributed by atoms with Crippen molar-refractivity contribution in [3.8, 4) is 0 Å². The number of carbonyl (C=O) groups is 1. The minimum Gasteiger partial charge on any atom is -0.384 e. The van der Waals surface area contributed by atoms with Gasteiger partial charge in [-0.1, -0.05) is 0 Å². The summed E-state index contributed by atoms with van der Waals surface area (Å²) in [4.78, 5) is 10.9. The summed E-state index contributed by atoms with van der Waals surface area (Å²) in [6.07, 6.45) is 0. The fourth-order valence-corrected chi connectivity index (χ4v) is 1.57. The maximum Gasteiger partial charge on any atom is 0.170 e. The van der Waals surface area contributed by atoms with Crippen molar-refractivity contribution in [3.05, 3.63) is 0 Å². The molecule has 1 atom stereocenters. The molecule has 0 N–H and O–H groups in total. The van der Waals surface area contributed by atoms with E-state index in [0.717, 1.165) is 0 Å². The zero-order chi connectivity index (χ0) is 9.40. The number of Topliss-reactive ketones (excluding diaryl/α,β-unsaturated/α-hetero) is 1. The normalized spacial score (nSPS) is 12.8. The van der Waals surface area contributed by atoms with Gasteiger partial charge in [0.05, 0.1) is 12.4 Å². The molecule has 12 heavy (non-hydrogen) atoms. The van der Waals surface area contributed by atoms with E-state index in [1.807, 2.05) is 0 Å².